The summed E-state index contributed by atoms with van der Waals surface area (Å²) in [7, 11) is -3.49. The van der Waals surface area contributed by atoms with Crippen molar-refractivity contribution in [3.8, 4) is 0 Å². The standard InChI is InChI=1S/C18H21FN2O3S/c1-14-4-3-5-17(12-14)20-18(22)10-11-21(25(2,23)24)13-15-6-8-16(19)9-7-15/h3-9,12H,10-11,13H2,1-2H3,(H,20,22). The zero-order valence-electron chi connectivity index (χ0n) is 14.2. The number of nitrogens with one attached hydrogen (secondary N) is 1. The molecule has 134 valence electrons. The predicted molar refractivity (Wildman–Crippen MR) is 96.1 cm³/mol. The molecule has 1 amide bonds. The van der Waals surface area contributed by atoms with E-state index in [0.717, 1.165) is 11.8 Å². The normalized spacial score (nSPS) is 11.5. The van der Waals surface area contributed by atoms with Crippen LogP contribution in [-0.4, -0.2) is 31.4 Å². The molecule has 0 aliphatic carbocycles. The average molecular weight is 364 g/mol. The van der Waals surface area contributed by atoms with Crippen LogP contribution in [0.5, 0.6) is 0 Å². The number of hydrogen-bond acceptors (Lipinski definition) is 3. The van der Waals surface area contributed by atoms with E-state index in [0.29, 0.717) is 11.3 Å². The van der Waals surface area contributed by atoms with E-state index in [-0.39, 0.29) is 31.2 Å². The van der Waals surface area contributed by atoms with Crippen molar-refractivity contribution >= 4 is 21.6 Å². The second-order valence-corrected chi connectivity index (χ2v) is 7.87. The number of nitrogens with zero attached hydrogens (tertiary/aromatic N) is 1. The molecule has 25 heavy (non-hydrogen) atoms. The SMILES string of the molecule is Cc1cccc(NC(=O)CCN(Cc2ccc(F)cc2)S(C)(=O)=O)c1. The number of carbonyl (C=O) groups is 1. The highest BCUT2D eigenvalue weighted by Crippen LogP contribution is 2.12. The molecule has 2 aromatic rings. The minimum atomic E-state index is -3.49. The molecule has 2 rings (SSSR count). The second kappa shape index (κ2) is 8.22. The fourth-order valence-electron chi connectivity index (χ4n) is 2.33. The highest BCUT2D eigenvalue weighted by molar-refractivity contribution is 7.88. The van der Waals surface area contributed by atoms with Crippen molar-refractivity contribution in [1.29, 1.82) is 0 Å². The summed E-state index contributed by atoms with van der Waals surface area (Å²) >= 11 is 0. The van der Waals surface area contributed by atoms with Crippen LogP contribution < -0.4 is 5.32 Å². The first-order chi connectivity index (χ1) is 11.7. The van der Waals surface area contributed by atoms with Gasteiger partial charge in [0.25, 0.3) is 0 Å². The van der Waals surface area contributed by atoms with Crippen molar-refractivity contribution in [2.24, 2.45) is 0 Å². The Hall–Kier alpha value is -2.25. The van der Waals surface area contributed by atoms with E-state index in [1.54, 1.807) is 6.07 Å². The fraction of sp³-hybridized carbons (Fsp3) is 0.278. The molecule has 5 nitrogen and oxygen atoms in total. The summed E-state index contributed by atoms with van der Waals surface area (Å²) in [5.41, 5.74) is 2.35. The number of aryl methyl sites for hydroxylation is 1. The molecule has 0 spiro atoms. The van der Waals surface area contributed by atoms with Gasteiger partial charge in [-0.2, -0.15) is 4.31 Å². The first-order valence-corrected chi connectivity index (χ1v) is 9.65. The van der Waals surface area contributed by atoms with Gasteiger partial charge in [0.05, 0.1) is 6.26 Å². The number of sulfonamides is 1. The monoisotopic (exact) mass is 364 g/mol. The maximum Gasteiger partial charge on any atom is 0.225 e. The lowest BCUT2D eigenvalue weighted by molar-refractivity contribution is -0.116. The molecule has 0 saturated heterocycles. The van der Waals surface area contributed by atoms with Gasteiger partial charge < -0.3 is 5.32 Å². The van der Waals surface area contributed by atoms with Crippen LogP contribution in [0, 0.1) is 12.7 Å². The lowest BCUT2D eigenvalue weighted by Crippen LogP contribution is -2.32. The van der Waals surface area contributed by atoms with Crippen molar-refractivity contribution in [1.82, 2.24) is 4.31 Å². The van der Waals surface area contributed by atoms with Gasteiger partial charge in [0.1, 0.15) is 5.82 Å². The van der Waals surface area contributed by atoms with Crippen LogP contribution in [0.1, 0.15) is 17.5 Å². The van der Waals surface area contributed by atoms with Crippen molar-refractivity contribution < 1.29 is 17.6 Å². The Labute approximate surface area is 147 Å². The molecule has 0 radical (unpaired) electrons. The molecule has 0 fully saturated rings. The van der Waals surface area contributed by atoms with Crippen LogP contribution in [0.2, 0.25) is 0 Å². The minimum absolute atomic E-state index is 0.0300. The van der Waals surface area contributed by atoms with Gasteiger partial charge in [0.2, 0.25) is 15.9 Å². The molecule has 0 atom stereocenters. The third-order valence-corrected chi connectivity index (χ3v) is 4.88. The fourth-order valence-corrected chi connectivity index (χ4v) is 3.13. The van der Waals surface area contributed by atoms with Gasteiger partial charge >= 0.3 is 0 Å². The van der Waals surface area contributed by atoms with Gasteiger partial charge in [-0.15, -0.1) is 0 Å². The first-order valence-electron chi connectivity index (χ1n) is 7.80. The van der Waals surface area contributed by atoms with E-state index in [4.69, 9.17) is 0 Å². The zero-order valence-corrected chi connectivity index (χ0v) is 15.0. The van der Waals surface area contributed by atoms with Gasteiger partial charge in [0.15, 0.2) is 0 Å². The Balaban J connectivity index is 1.98. The van der Waals surface area contributed by atoms with Gasteiger partial charge in [-0.1, -0.05) is 24.3 Å². The third-order valence-electron chi connectivity index (χ3n) is 3.63. The number of anilines is 1. The zero-order chi connectivity index (χ0) is 18.4. The van der Waals surface area contributed by atoms with E-state index < -0.39 is 10.0 Å². The van der Waals surface area contributed by atoms with Gasteiger partial charge in [-0.05, 0) is 42.3 Å². The van der Waals surface area contributed by atoms with Crippen molar-refractivity contribution in [2.75, 3.05) is 18.1 Å². The average Bonchev–Trinajstić information content (AvgIpc) is 2.52. The Morgan fingerprint density at radius 1 is 1.16 bits per heavy atom. The molecular weight excluding hydrogens is 343 g/mol. The lowest BCUT2D eigenvalue weighted by atomic mass is 10.2. The number of benzene rings is 2. The molecule has 0 aliphatic rings. The Morgan fingerprint density at radius 2 is 1.84 bits per heavy atom. The summed E-state index contributed by atoms with van der Waals surface area (Å²) in [6.45, 7) is 2.06. The topological polar surface area (TPSA) is 66.5 Å². The highest BCUT2D eigenvalue weighted by atomic mass is 32.2. The summed E-state index contributed by atoms with van der Waals surface area (Å²) in [6, 6.07) is 13.0. The summed E-state index contributed by atoms with van der Waals surface area (Å²) < 4.78 is 38.0. The summed E-state index contributed by atoms with van der Waals surface area (Å²) in [4.78, 5) is 12.1. The Morgan fingerprint density at radius 3 is 2.44 bits per heavy atom. The van der Waals surface area contributed by atoms with Gasteiger partial charge in [-0.3, -0.25) is 4.79 Å². The maximum atomic E-state index is 13.0. The Bertz CT molecular complexity index is 836. The van der Waals surface area contributed by atoms with Crippen LogP contribution in [0.25, 0.3) is 0 Å². The smallest absolute Gasteiger partial charge is 0.225 e. The van der Waals surface area contributed by atoms with Crippen LogP contribution in [-0.2, 0) is 21.4 Å². The van der Waals surface area contributed by atoms with E-state index in [2.05, 4.69) is 5.32 Å². The van der Waals surface area contributed by atoms with Crippen molar-refractivity contribution in [3.63, 3.8) is 0 Å². The highest BCUT2D eigenvalue weighted by Gasteiger charge is 2.18. The van der Waals surface area contributed by atoms with Crippen molar-refractivity contribution in [2.45, 2.75) is 19.9 Å². The number of halogens is 1. The van der Waals surface area contributed by atoms with Gasteiger partial charge in [-0.25, -0.2) is 12.8 Å². The molecular formula is C18H21FN2O3S. The Kier molecular flexibility index (Phi) is 6.27. The quantitative estimate of drug-likeness (QED) is 0.821. The maximum absolute atomic E-state index is 13.0. The molecule has 0 saturated carbocycles. The third kappa shape index (κ3) is 6.28. The van der Waals surface area contributed by atoms with Crippen LogP contribution in [0.3, 0.4) is 0 Å². The molecule has 0 aromatic heterocycles. The number of rotatable bonds is 7. The second-order valence-electron chi connectivity index (χ2n) is 5.89. The minimum Gasteiger partial charge on any atom is -0.326 e. The number of hydrogen-bond donors (Lipinski definition) is 1. The summed E-state index contributed by atoms with van der Waals surface area (Å²) in [5.74, 6) is -0.648. The lowest BCUT2D eigenvalue weighted by Gasteiger charge is -2.20. The number of carbonyl (C=O) groups excluding carboxylic acids is 1. The molecule has 1 N–H and O–H groups in total. The van der Waals surface area contributed by atoms with E-state index in [1.165, 1.54) is 28.6 Å². The molecule has 0 aliphatic heterocycles. The van der Waals surface area contributed by atoms with Crippen molar-refractivity contribution in [3.05, 3.63) is 65.5 Å². The molecule has 0 heterocycles. The largest absolute Gasteiger partial charge is 0.326 e. The molecule has 2 aromatic carbocycles. The summed E-state index contributed by atoms with van der Waals surface area (Å²) in [5, 5.41) is 2.75. The molecule has 0 bridgehead atoms. The predicted octanol–water partition coefficient (Wildman–Crippen LogP) is 2.92. The van der Waals surface area contributed by atoms with Gasteiger partial charge in [0, 0.05) is 25.2 Å². The molecule has 0 unspecified atom stereocenters. The van der Waals surface area contributed by atoms with Crippen LogP contribution >= 0.6 is 0 Å². The molecule has 7 heteroatoms. The van der Waals surface area contributed by atoms with Crippen LogP contribution in [0.15, 0.2) is 48.5 Å². The van der Waals surface area contributed by atoms with E-state index in [1.807, 2.05) is 25.1 Å². The first kappa shape index (κ1) is 19.1. The number of amides is 1. The van der Waals surface area contributed by atoms with E-state index in [9.17, 15) is 17.6 Å². The van der Waals surface area contributed by atoms with E-state index >= 15 is 0 Å². The van der Waals surface area contributed by atoms with Crippen LogP contribution in [0.4, 0.5) is 10.1 Å². The summed E-state index contributed by atoms with van der Waals surface area (Å²) in [6.07, 6.45) is 1.12.